The fraction of sp³-hybridized carbons (Fsp3) is 0.250. The Morgan fingerprint density at radius 2 is 1.06 bits per heavy atom. The molecule has 0 amide bonds. The largest absolute Gasteiger partial charge is 0.372 e. The van der Waals surface area contributed by atoms with Gasteiger partial charge in [-0.3, -0.25) is 0 Å². The molecule has 11 rings (SSSR count). The SMILES string of the molecule is C1=c2sc3ccccc3c2=C(c2c3cc(N4CCCCC4)ccc3c(-c3cccc4sc5ccccc5c34)c3cc(N4CCCCC4)ccc23)CC1. The summed E-state index contributed by atoms with van der Waals surface area (Å²) in [6, 6.07) is 40.2. The lowest BCUT2D eigenvalue weighted by Gasteiger charge is -2.31. The van der Waals surface area contributed by atoms with Crippen LogP contribution in [0.3, 0.4) is 0 Å². The molecule has 4 heteroatoms. The van der Waals surface area contributed by atoms with Crippen LogP contribution in [0.4, 0.5) is 11.4 Å². The lowest BCUT2D eigenvalue weighted by molar-refractivity contribution is 0.578. The monoisotopic (exact) mass is 710 g/mol. The second-order valence-corrected chi connectivity index (χ2v) is 17.3. The van der Waals surface area contributed by atoms with Crippen molar-refractivity contribution in [1.82, 2.24) is 0 Å². The van der Waals surface area contributed by atoms with E-state index in [0.29, 0.717) is 0 Å². The normalized spacial score (nSPS) is 16.7. The summed E-state index contributed by atoms with van der Waals surface area (Å²) in [4.78, 5) is 5.29. The highest BCUT2D eigenvalue weighted by Gasteiger charge is 2.25. The number of rotatable bonds is 4. The topological polar surface area (TPSA) is 6.48 Å². The maximum absolute atomic E-state index is 2.65. The summed E-state index contributed by atoms with van der Waals surface area (Å²) in [5.74, 6) is 0. The first-order valence-corrected chi connectivity index (χ1v) is 21.1. The Bertz CT molecular complexity index is 2830. The molecule has 0 atom stereocenters. The van der Waals surface area contributed by atoms with E-state index < -0.39 is 0 Å². The highest BCUT2D eigenvalue weighted by Crippen LogP contribution is 2.49. The van der Waals surface area contributed by atoms with Crippen molar-refractivity contribution in [2.24, 2.45) is 0 Å². The van der Waals surface area contributed by atoms with E-state index in [2.05, 4.69) is 119 Å². The van der Waals surface area contributed by atoms with Gasteiger partial charge in [0.05, 0.1) is 0 Å². The van der Waals surface area contributed by atoms with E-state index in [-0.39, 0.29) is 0 Å². The maximum Gasteiger partial charge on any atom is 0.0372 e. The molecule has 256 valence electrons. The van der Waals surface area contributed by atoms with Gasteiger partial charge in [-0.25, -0.2) is 0 Å². The van der Waals surface area contributed by atoms with Crippen LogP contribution in [-0.4, -0.2) is 26.2 Å². The molecular weight excluding hydrogens is 669 g/mol. The standard InChI is InChI=1S/C48H42N2S2/c1-7-25-49(26-8-1)31-21-23-33-39(29-31)45(37-15-11-19-43-47(37)35-13-3-5-17-41(35)51-43)34-24-22-32(50-27-9-2-10-28-50)30-40(34)46(33)38-16-12-20-44-48(38)36-14-4-6-18-42(36)52-44/h3-6,11,13-15,17-24,29-30H,1-2,7-10,12,16,25-28H2. The van der Waals surface area contributed by atoms with Crippen LogP contribution in [0.5, 0.6) is 0 Å². The van der Waals surface area contributed by atoms with Crippen LogP contribution in [0.2, 0.25) is 0 Å². The molecule has 8 aromatic rings. The molecule has 0 bridgehead atoms. The lowest BCUT2D eigenvalue weighted by Crippen LogP contribution is -2.29. The average Bonchev–Trinajstić information content (AvgIpc) is 3.79. The van der Waals surface area contributed by atoms with Crippen LogP contribution in [0, 0.1) is 0 Å². The van der Waals surface area contributed by atoms with Crippen molar-refractivity contribution in [2.75, 3.05) is 36.0 Å². The first-order valence-electron chi connectivity index (χ1n) is 19.5. The van der Waals surface area contributed by atoms with Crippen molar-refractivity contribution in [2.45, 2.75) is 51.4 Å². The Kier molecular flexibility index (Phi) is 7.44. The second-order valence-electron chi connectivity index (χ2n) is 15.1. The van der Waals surface area contributed by atoms with E-state index in [9.17, 15) is 0 Å². The summed E-state index contributed by atoms with van der Waals surface area (Å²) < 4.78 is 5.57. The first-order chi connectivity index (χ1) is 25.8. The van der Waals surface area contributed by atoms with Gasteiger partial charge in [0.25, 0.3) is 0 Å². The fourth-order valence-corrected chi connectivity index (χ4v) is 12.1. The van der Waals surface area contributed by atoms with Crippen molar-refractivity contribution in [1.29, 1.82) is 0 Å². The Balaban J connectivity index is 1.32. The minimum atomic E-state index is 1.06. The molecule has 2 aliphatic heterocycles. The van der Waals surface area contributed by atoms with E-state index in [1.54, 1.807) is 0 Å². The summed E-state index contributed by atoms with van der Waals surface area (Å²) in [5, 5.41) is 11.2. The number of fused-ring (bicyclic) bond motifs is 8. The van der Waals surface area contributed by atoms with Gasteiger partial charge in [-0.15, -0.1) is 22.7 Å². The van der Waals surface area contributed by atoms with Crippen LogP contribution in [-0.2, 0) is 0 Å². The molecule has 2 aromatic heterocycles. The number of hydrogen-bond donors (Lipinski definition) is 0. The molecule has 0 unspecified atom stereocenters. The van der Waals surface area contributed by atoms with Crippen molar-refractivity contribution < 1.29 is 0 Å². The minimum absolute atomic E-state index is 1.06. The Morgan fingerprint density at radius 3 is 1.77 bits per heavy atom. The molecule has 4 heterocycles. The van der Waals surface area contributed by atoms with Crippen LogP contribution >= 0.6 is 22.7 Å². The molecule has 2 nitrogen and oxygen atoms in total. The van der Waals surface area contributed by atoms with Gasteiger partial charge in [-0.2, -0.15) is 0 Å². The van der Waals surface area contributed by atoms with E-state index in [4.69, 9.17) is 0 Å². The van der Waals surface area contributed by atoms with Gasteiger partial charge in [0.15, 0.2) is 0 Å². The molecular formula is C48H42N2S2. The molecule has 0 saturated carbocycles. The summed E-state index contributed by atoms with van der Waals surface area (Å²) in [7, 11) is 0. The van der Waals surface area contributed by atoms with E-state index in [0.717, 1.165) is 39.0 Å². The number of hydrogen-bond acceptors (Lipinski definition) is 4. The van der Waals surface area contributed by atoms with Gasteiger partial charge in [0, 0.05) is 77.6 Å². The maximum atomic E-state index is 2.65. The van der Waals surface area contributed by atoms with Crippen LogP contribution in [0.25, 0.3) is 74.6 Å². The smallest absolute Gasteiger partial charge is 0.0372 e. The summed E-state index contributed by atoms with van der Waals surface area (Å²) in [6.45, 7) is 4.57. The third-order valence-electron chi connectivity index (χ3n) is 12.1. The first kappa shape index (κ1) is 30.9. The number of nitrogens with zero attached hydrogens (tertiary/aromatic N) is 2. The Hall–Kier alpha value is -4.64. The van der Waals surface area contributed by atoms with Crippen molar-refractivity contribution in [3.8, 4) is 11.1 Å². The summed E-state index contributed by atoms with van der Waals surface area (Å²) in [6.07, 6.45) is 12.4. The fourth-order valence-electron chi connectivity index (χ4n) is 9.74. The number of anilines is 2. The van der Waals surface area contributed by atoms with E-state index in [1.807, 2.05) is 22.7 Å². The number of piperidine rings is 2. The molecule has 52 heavy (non-hydrogen) atoms. The number of thiophene rings is 2. The molecule has 0 N–H and O–H groups in total. The third kappa shape index (κ3) is 4.87. The zero-order valence-corrected chi connectivity index (χ0v) is 31.2. The summed E-state index contributed by atoms with van der Waals surface area (Å²) >= 11 is 3.90. The molecule has 2 saturated heterocycles. The van der Waals surface area contributed by atoms with Crippen molar-refractivity contribution >= 4 is 97.5 Å². The highest BCUT2D eigenvalue weighted by atomic mass is 32.1. The molecule has 2 fully saturated rings. The molecule has 1 aliphatic carbocycles. The Labute approximate surface area is 312 Å². The molecule has 6 aromatic carbocycles. The molecule has 3 aliphatic rings. The van der Waals surface area contributed by atoms with Crippen molar-refractivity contribution in [3.05, 3.63) is 118 Å². The van der Waals surface area contributed by atoms with Gasteiger partial charge >= 0.3 is 0 Å². The molecule has 0 spiro atoms. The molecule has 0 radical (unpaired) electrons. The van der Waals surface area contributed by atoms with Crippen LogP contribution < -0.4 is 19.6 Å². The van der Waals surface area contributed by atoms with Crippen LogP contribution in [0.15, 0.2) is 103 Å². The minimum Gasteiger partial charge on any atom is -0.372 e. The average molecular weight is 711 g/mol. The quantitative estimate of drug-likeness (QED) is 0.168. The zero-order valence-electron chi connectivity index (χ0n) is 29.6. The number of benzene rings is 6. The zero-order chi connectivity index (χ0) is 34.2. The van der Waals surface area contributed by atoms with Crippen LogP contribution in [0.1, 0.15) is 56.9 Å². The third-order valence-corrected chi connectivity index (χ3v) is 14.5. The van der Waals surface area contributed by atoms with E-state index >= 15 is 0 Å². The highest BCUT2D eigenvalue weighted by molar-refractivity contribution is 7.26. The van der Waals surface area contributed by atoms with Gasteiger partial charge in [0.1, 0.15) is 0 Å². The Morgan fingerprint density at radius 1 is 0.462 bits per heavy atom. The van der Waals surface area contributed by atoms with Gasteiger partial charge in [-0.1, -0.05) is 66.7 Å². The summed E-state index contributed by atoms with van der Waals surface area (Å²) in [5.41, 5.74) is 8.48. The van der Waals surface area contributed by atoms with Crippen molar-refractivity contribution in [3.63, 3.8) is 0 Å². The predicted molar refractivity (Wildman–Crippen MR) is 229 cm³/mol. The van der Waals surface area contributed by atoms with E-state index in [1.165, 1.54) is 134 Å². The van der Waals surface area contributed by atoms with Gasteiger partial charge in [0.2, 0.25) is 0 Å². The predicted octanol–water partition coefficient (Wildman–Crippen LogP) is 12.0. The lowest BCUT2D eigenvalue weighted by atomic mass is 9.82. The second kappa shape index (κ2) is 12.5. The van der Waals surface area contributed by atoms with Gasteiger partial charge in [-0.05, 0) is 138 Å². The van der Waals surface area contributed by atoms with Gasteiger partial charge < -0.3 is 9.80 Å².